The van der Waals surface area contributed by atoms with E-state index in [1.54, 1.807) is 12.3 Å². The van der Waals surface area contributed by atoms with Crippen molar-refractivity contribution < 1.29 is 35.8 Å². The fourth-order valence-electron chi connectivity index (χ4n) is 9.40. The zero-order valence-electron chi connectivity index (χ0n) is 47.7. The molecular formula is C63H66FGeIrN3O-2. The van der Waals surface area contributed by atoms with Crippen LogP contribution in [0.4, 0.5) is 4.39 Å². The van der Waals surface area contributed by atoms with Crippen molar-refractivity contribution in [1.82, 2.24) is 14.5 Å². The van der Waals surface area contributed by atoms with Gasteiger partial charge in [-0.05, 0) is 79.8 Å². The minimum atomic E-state index is -2.47. The summed E-state index contributed by atoms with van der Waals surface area (Å²) in [6, 6.07) is 45.1. The predicted octanol–water partition coefficient (Wildman–Crippen LogP) is 17.4. The molecule has 0 N–H and O–H groups in total. The molecule has 0 bridgehead atoms. The van der Waals surface area contributed by atoms with E-state index in [1.807, 2.05) is 26.8 Å². The predicted molar refractivity (Wildman–Crippen MR) is 294 cm³/mol. The van der Waals surface area contributed by atoms with E-state index in [9.17, 15) is 4.39 Å². The fraction of sp³-hybridized carbons (Fsp3) is 0.302. The Hall–Kier alpha value is -5.40. The maximum absolute atomic E-state index is 14.7. The van der Waals surface area contributed by atoms with Crippen LogP contribution in [0, 0.1) is 30.2 Å². The third-order valence-corrected chi connectivity index (χ3v) is 17.2. The van der Waals surface area contributed by atoms with Crippen LogP contribution in [-0.2, 0) is 31.9 Å². The zero-order chi connectivity index (χ0) is 53.6. The van der Waals surface area contributed by atoms with Crippen molar-refractivity contribution in [3.8, 4) is 28.3 Å². The molecule has 361 valence electrons. The van der Waals surface area contributed by atoms with Gasteiger partial charge in [0.05, 0.1) is 22.4 Å². The molecule has 10 rings (SSSR count). The van der Waals surface area contributed by atoms with E-state index < -0.39 is 37.7 Å². The van der Waals surface area contributed by atoms with Gasteiger partial charge in [0.25, 0.3) is 0 Å². The summed E-state index contributed by atoms with van der Waals surface area (Å²) in [6.45, 7) is 19.2. The topological polar surface area (TPSA) is 43.9 Å². The van der Waals surface area contributed by atoms with Crippen molar-refractivity contribution in [1.29, 1.82) is 0 Å². The van der Waals surface area contributed by atoms with Gasteiger partial charge in [-0.3, -0.25) is 4.98 Å². The molecule has 3 heterocycles. The number of benzene rings is 7. The van der Waals surface area contributed by atoms with Crippen molar-refractivity contribution in [3.63, 3.8) is 0 Å². The Morgan fingerprint density at radius 3 is 2.07 bits per heavy atom. The molecule has 0 atom stereocenters. The Labute approximate surface area is 437 Å². The van der Waals surface area contributed by atoms with Crippen LogP contribution < -0.4 is 4.40 Å². The first-order chi connectivity index (χ1) is 34.5. The number of para-hydroxylation sites is 2. The van der Waals surface area contributed by atoms with Crippen LogP contribution in [0.3, 0.4) is 0 Å². The second-order valence-electron chi connectivity index (χ2n) is 22.3. The van der Waals surface area contributed by atoms with Crippen molar-refractivity contribution >= 4 is 72.2 Å². The van der Waals surface area contributed by atoms with Gasteiger partial charge in [-0.2, -0.15) is 0 Å². The van der Waals surface area contributed by atoms with Crippen molar-refractivity contribution in [3.05, 3.63) is 167 Å². The van der Waals surface area contributed by atoms with E-state index in [4.69, 9.17) is 16.3 Å². The van der Waals surface area contributed by atoms with Gasteiger partial charge in [-0.25, -0.2) is 0 Å². The second-order valence-corrected chi connectivity index (χ2v) is 32.8. The molecule has 0 aliphatic rings. The number of furan rings is 1. The second kappa shape index (κ2) is 19.3. The summed E-state index contributed by atoms with van der Waals surface area (Å²) in [6.07, 6.45) is 0.0207. The van der Waals surface area contributed by atoms with E-state index in [0.29, 0.717) is 17.4 Å². The summed E-state index contributed by atoms with van der Waals surface area (Å²) in [5, 5.41) is 7.09. The van der Waals surface area contributed by atoms with Crippen LogP contribution >= 0.6 is 0 Å². The van der Waals surface area contributed by atoms with Crippen LogP contribution in [0.15, 0.2) is 126 Å². The smallest absolute Gasteiger partial charge is 0 e. The molecule has 3 aromatic heterocycles. The van der Waals surface area contributed by atoms with E-state index in [0.717, 1.165) is 54.8 Å². The van der Waals surface area contributed by atoms with Crippen LogP contribution in [0.2, 0.25) is 17.3 Å². The molecule has 0 unspecified atom stereocenters. The Morgan fingerprint density at radius 1 is 0.743 bits per heavy atom. The molecule has 4 nitrogen and oxygen atoms in total. The number of aryl methyl sites for hydroxylation is 1. The monoisotopic (exact) mass is 1170 g/mol. The zero-order valence-corrected chi connectivity index (χ0v) is 47.2. The molecule has 10 aromatic rings. The largest absolute Gasteiger partial charge is 0 e. The molecule has 0 amide bonds. The third-order valence-electron chi connectivity index (χ3n) is 12.9. The molecule has 1 radical (unpaired) electrons. The van der Waals surface area contributed by atoms with E-state index in [2.05, 4.69) is 178 Å². The number of hydrogen-bond donors (Lipinski definition) is 0. The first kappa shape index (κ1) is 44.5. The molecule has 7 aromatic carbocycles. The number of hydrogen-bond acceptors (Lipinski definition) is 3. The van der Waals surface area contributed by atoms with Crippen molar-refractivity contribution in [2.24, 2.45) is 5.41 Å². The first-order valence-corrected chi connectivity index (χ1v) is 31.5. The summed E-state index contributed by atoms with van der Waals surface area (Å²) in [7, 11) is 0. The summed E-state index contributed by atoms with van der Waals surface area (Å²) in [5.74, 6) is 7.32. The number of aromatic nitrogens is 3. The van der Waals surface area contributed by atoms with Gasteiger partial charge >= 0.3 is 149 Å². The average Bonchev–Trinajstić information content (AvgIpc) is 3.89. The number of nitrogens with zero attached hydrogens (tertiary/aromatic N) is 3. The molecular weight excluding hydrogens is 1100 g/mol. The number of imidazole rings is 1. The van der Waals surface area contributed by atoms with Gasteiger partial charge in [-0.15, -0.1) is 23.8 Å². The summed E-state index contributed by atoms with van der Waals surface area (Å²) < 4.78 is 64.2. The maximum atomic E-state index is 14.7. The van der Waals surface area contributed by atoms with Crippen LogP contribution in [0.5, 0.6) is 0 Å². The minimum Gasteiger partial charge on any atom is 0 e. The van der Waals surface area contributed by atoms with Crippen LogP contribution in [-0.4, -0.2) is 27.8 Å². The molecule has 70 heavy (non-hydrogen) atoms. The molecule has 0 saturated heterocycles. The average molecular weight is 1170 g/mol. The first-order valence-electron chi connectivity index (χ1n) is 26.6. The molecule has 7 heteroatoms. The van der Waals surface area contributed by atoms with Crippen LogP contribution in [0.1, 0.15) is 116 Å². The van der Waals surface area contributed by atoms with E-state index in [1.165, 1.54) is 50.0 Å². The number of pyridine rings is 1. The van der Waals surface area contributed by atoms with Gasteiger partial charge < -0.3 is 8.98 Å². The van der Waals surface area contributed by atoms with Gasteiger partial charge in [0, 0.05) is 31.2 Å². The summed E-state index contributed by atoms with van der Waals surface area (Å²) >= 11 is -2.47. The number of fused-ring (bicyclic) bond motifs is 7. The van der Waals surface area contributed by atoms with Gasteiger partial charge in [0.2, 0.25) is 0 Å². The SMILES string of the molecule is CC(C)c1cc(C(C)(C)C)cc(C(C)C)c1-n1c(-c2[c-]cc3oc4cc5ccc6ccccc6c5cc4c3c2)nc2ccccc21.[2H]C([2H])([2H])c1c[c-]c(-c2cc(C([2H])([2H])C(C)(C)C)[c]([Ge]([CH3])([CH3])[CH3])cn2)c(F)c1.[Ir]. The molecule has 0 aliphatic carbocycles. The molecule has 0 aliphatic heterocycles. The molecule has 0 saturated carbocycles. The van der Waals surface area contributed by atoms with Gasteiger partial charge in [0.15, 0.2) is 0 Å². The third kappa shape index (κ3) is 10.1. The number of rotatable bonds is 7. The van der Waals surface area contributed by atoms with E-state index >= 15 is 0 Å². The Morgan fingerprint density at radius 2 is 1.41 bits per heavy atom. The maximum Gasteiger partial charge on any atom is 0 e. The normalized spacial score (nSPS) is 13.9. The Bertz CT molecular complexity index is 3770. The van der Waals surface area contributed by atoms with E-state index in [-0.39, 0.29) is 42.3 Å². The van der Waals surface area contributed by atoms with Gasteiger partial charge in [-0.1, -0.05) is 115 Å². The molecule has 0 fully saturated rings. The standard InChI is InChI=1S/C43H39N2O.C20H27FGeN.Ir/c1-25(2)32-22-30(43(5,6)7)23-33(26(3)4)41(32)45-38-15-11-10-14-37(38)44-42(45)29-18-19-39-35(20-29)36-24-34-28(21-40(36)46-39)17-16-27-12-8-9-13-31(27)34;1-14-8-9-16(17(21)10-14)19-11-15(12-20(2,3)4)18(13-23-19)22(5,6)7;/h8-17,19-26H,1-7H3;8,10-11,13H,12H2,1-7H3;/q2*-1;/i;1D3,12D2;. The summed E-state index contributed by atoms with van der Waals surface area (Å²) in [4.78, 5) is 9.69. The number of halogens is 1. The quantitative estimate of drug-likeness (QED) is 0.0907. The fourth-order valence-corrected chi connectivity index (χ4v) is 12.3. The van der Waals surface area contributed by atoms with Gasteiger partial charge in [0.1, 0.15) is 5.58 Å². The minimum absolute atomic E-state index is 0. The Balaban J connectivity index is 0.000000223. The van der Waals surface area contributed by atoms with Crippen molar-refractivity contribution in [2.45, 2.75) is 117 Å². The van der Waals surface area contributed by atoms with Crippen molar-refractivity contribution in [2.75, 3.05) is 0 Å². The summed E-state index contributed by atoms with van der Waals surface area (Å²) in [5.41, 5.74) is 10.1. The molecule has 0 spiro atoms. The van der Waals surface area contributed by atoms with Crippen LogP contribution in [0.25, 0.3) is 82.8 Å². The Kier molecular flexibility index (Phi) is 12.3.